The molecule has 2 atom stereocenters. The maximum Gasteiger partial charge on any atom is 0.236 e. The third-order valence-corrected chi connectivity index (χ3v) is 5.30. The van der Waals surface area contributed by atoms with Crippen LogP contribution in [-0.4, -0.2) is 53.0 Å². The van der Waals surface area contributed by atoms with E-state index in [-0.39, 0.29) is 18.4 Å². The lowest BCUT2D eigenvalue weighted by atomic mass is 9.91. The van der Waals surface area contributed by atoms with Crippen LogP contribution in [0.3, 0.4) is 0 Å². The van der Waals surface area contributed by atoms with E-state index in [1.54, 1.807) is 6.33 Å². The number of carbonyl (C=O) groups is 1. The summed E-state index contributed by atoms with van der Waals surface area (Å²) < 4.78 is 0. The van der Waals surface area contributed by atoms with Crippen molar-refractivity contribution < 1.29 is 4.79 Å². The lowest BCUT2D eigenvalue weighted by Crippen LogP contribution is -2.54. The molecule has 1 amide bonds. The minimum Gasteiger partial charge on any atom is -0.369 e. The normalized spacial score (nSPS) is 22.0. The third kappa shape index (κ3) is 3.64. The summed E-state index contributed by atoms with van der Waals surface area (Å²) in [5, 5.41) is 12.2. The molecule has 0 radical (unpaired) electrons. The molecule has 0 bridgehead atoms. The summed E-state index contributed by atoms with van der Waals surface area (Å²) in [5.74, 6) is 2.24. The molecule has 2 aliphatic rings. The molecule has 1 N–H and O–H groups in total. The lowest BCUT2D eigenvalue weighted by molar-refractivity contribution is -0.131. The van der Waals surface area contributed by atoms with Crippen LogP contribution in [0.25, 0.3) is 0 Å². The van der Waals surface area contributed by atoms with Gasteiger partial charge in [0.05, 0.1) is 12.1 Å². The van der Waals surface area contributed by atoms with E-state index >= 15 is 0 Å². The maximum atomic E-state index is 12.2. The van der Waals surface area contributed by atoms with Gasteiger partial charge >= 0.3 is 0 Å². The van der Waals surface area contributed by atoms with Gasteiger partial charge in [-0.15, -0.1) is 0 Å². The molecule has 2 aliphatic heterocycles. The zero-order valence-corrected chi connectivity index (χ0v) is 15.5. The summed E-state index contributed by atoms with van der Waals surface area (Å²) in [6.45, 7) is 7.22. The van der Waals surface area contributed by atoms with Crippen LogP contribution >= 0.6 is 0 Å². The highest BCUT2D eigenvalue weighted by molar-refractivity contribution is 5.78. The van der Waals surface area contributed by atoms with Gasteiger partial charge in [0.1, 0.15) is 24.4 Å². The van der Waals surface area contributed by atoms with Crippen molar-refractivity contribution in [1.82, 2.24) is 14.9 Å². The number of anilines is 2. The van der Waals surface area contributed by atoms with E-state index in [1.165, 1.54) is 0 Å². The van der Waals surface area contributed by atoms with Crippen molar-refractivity contribution in [2.24, 2.45) is 5.92 Å². The molecular weight excluding hydrogens is 328 g/mol. The SMILES string of the molecule is C/C=C/CN(c1ncnc2c1CCN2)[C@H]1CN(C(=O)CC#N)CC[C@H]1C. The van der Waals surface area contributed by atoms with Gasteiger partial charge in [-0.3, -0.25) is 4.79 Å². The summed E-state index contributed by atoms with van der Waals surface area (Å²) in [4.78, 5) is 25.3. The molecular formula is C19H26N6O. The predicted molar refractivity (Wildman–Crippen MR) is 101 cm³/mol. The molecule has 1 aromatic rings. The fourth-order valence-corrected chi connectivity index (χ4v) is 3.80. The minimum atomic E-state index is -0.0787. The number of allylic oxidation sites excluding steroid dienone is 1. The van der Waals surface area contributed by atoms with Crippen LogP contribution in [0.4, 0.5) is 11.6 Å². The smallest absolute Gasteiger partial charge is 0.236 e. The topological polar surface area (TPSA) is 85.2 Å². The summed E-state index contributed by atoms with van der Waals surface area (Å²) in [6.07, 6.45) is 7.57. The Bertz CT molecular complexity index is 725. The number of fused-ring (bicyclic) bond motifs is 1. The Morgan fingerprint density at radius 1 is 1.54 bits per heavy atom. The number of nitrogens with zero attached hydrogens (tertiary/aromatic N) is 5. The number of carbonyl (C=O) groups excluding carboxylic acids is 1. The molecule has 1 saturated heterocycles. The second-order valence-electron chi connectivity index (χ2n) is 6.93. The zero-order valence-electron chi connectivity index (χ0n) is 15.5. The van der Waals surface area contributed by atoms with Gasteiger partial charge in [-0.2, -0.15) is 5.26 Å². The second-order valence-corrected chi connectivity index (χ2v) is 6.93. The van der Waals surface area contributed by atoms with Crippen LogP contribution in [-0.2, 0) is 11.2 Å². The van der Waals surface area contributed by atoms with E-state index in [9.17, 15) is 4.79 Å². The quantitative estimate of drug-likeness (QED) is 0.814. The van der Waals surface area contributed by atoms with Crippen molar-refractivity contribution >= 4 is 17.5 Å². The summed E-state index contributed by atoms with van der Waals surface area (Å²) in [7, 11) is 0. The van der Waals surface area contributed by atoms with E-state index in [0.717, 1.165) is 49.7 Å². The number of hydrogen-bond donors (Lipinski definition) is 1. The zero-order chi connectivity index (χ0) is 18.5. The van der Waals surface area contributed by atoms with Crippen LogP contribution < -0.4 is 10.2 Å². The predicted octanol–water partition coefficient (Wildman–Crippen LogP) is 1.98. The molecule has 3 heterocycles. The highest BCUT2D eigenvalue weighted by Crippen LogP contribution is 2.32. The fourth-order valence-electron chi connectivity index (χ4n) is 3.80. The van der Waals surface area contributed by atoms with Crippen LogP contribution in [0, 0.1) is 17.2 Å². The third-order valence-electron chi connectivity index (χ3n) is 5.30. The van der Waals surface area contributed by atoms with E-state index in [0.29, 0.717) is 12.5 Å². The first kappa shape index (κ1) is 18.2. The Kier molecular flexibility index (Phi) is 5.71. The Hall–Kier alpha value is -2.62. The summed E-state index contributed by atoms with van der Waals surface area (Å²) >= 11 is 0. The van der Waals surface area contributed by atoms with E-state index in [2.05, 4.69) is 33.2 Å². The van der Waals surface area contributed by atoms with E-state index in [4.69, 9.17) is 5.26 Å². The molecule has 1 fully saturated rings. The largest absolute Gasteiger partial charge is 0.369 e. The second kappa shape index (κ2) is 8.17. The molecule has 0 aromatic carbocycles. The molecule has 3 rings (SSSR count). The first-order valence-corrected chi connectivity index (χ1v) is 9.26. The number of nitriles is 1. The Labute approximate surface area is 154 Å². The van der Waals surface area contributed by atoms with E-state index < -0.39 is 0 Å². The van der Waals surface area contributed by atoms with Crippen LogP contribution in [0.5, 0.6) is 0 Å². The van der Waals surface area contributed by atoms with Gasteiger partial charge in [-0.05, 0) is 25.7 Å². The molecule has 1 aromatic heterocycles. The Morgan fingerprint density at radius 3 is 3.15 bits per heavy atom. The van der Waals surface area contributed by atoms with Crippen molar-refractivity contribution in [1.29, 1.82) is 5.26 Å². The van der Waals surface area contributed by atoms with Gasteiger partial charge < -0.3 is 15.1 Å². The van der Waals surface area contributed by atoms with Gasteiger partial charge in [-0.25, -0.2) is 9.97 Å². The number of rotatable bonds is 5. The minimum absolute atomic E-state index is 0.0528. The number of amides is 1. The molecule has 7 heteroatoms. The highest BCUT2D eigenvalue weighted by atomic mass is 16.2. The Morgan fingerprint density at radius 2 is 2.38 bits per heavy atom. The van der Waals surface area contributed by atoms with E-state index in [1.807, 2.05) is 24.0 Å². The highest BCUT2D eigenvalue weighted by Gasteiger charge is 2.34. The molecule has 138 valence electrons. The Balaban J connectivity index is 1.90. The molecule has 0 unspecified atom stereocenters. The van der Waals surface area contributed by atoms with Gasteiger partial charge in [0.25, 0.3) is 0 Å². The van der Waals surface area contributed by atoms with Crippen molar-refractivity contribution in [3.63, 3.8) is 0 Å². The lowest BCUT2D eigenvalue weighted by Gasteiger charge is -2.43. The first-order valence-electron chi connectivity index (χ1n) is 9.26. The average Bonchev–Trinajstić information content (AvgIpc) is 3.13. The standard InChI is InChI=1S/C19H26N6O/c1-3-4-10-25(19-15-6-9-21-18(15)22-13-23-19)16-12-24(11-7-14(16)2)17(26)5-8-20/h3-4,13-14,16H,5-7,9-12H2,1-2H3,(H,21,22,23)/b4-3+/t14-,16+/m1/s1. The molecule has 26 heavy (non-hydrogen) atoms. The molecule has 0 saturated carbocycles. The first-order chi connectivity index (χ1) is 12.7. The molecule has 0 aliphatic carbocycles. The van der Waals surface area contributed by atoms with Gasteiger partial charge in [-0.1, -0.05) is 19.1 Å². The van der Waals surface area contributed by atoms with Crippen molar-refractivity contribution in [2.45, 2.75) is 39.2 Å². The molecule has 7 nitrogen and oxygen atoms in total. The van der Waals surface area contributed by atoms with Crippen molar-refractivity contribution in [2.75, 3.05) is 36.4 Å². The number of hydrogen-bond acceptors (Lipinski definition) is 6. The van der Waals surface area contributed by atoms with Gasteiger partial charge in [0.2, 0.25) is 5.91 Å². The van der Waals surface area contributed by atoms with Gasteiger partial charge in [0, 0.05) is 31.7 Å². The van der Waals surface area contributed by atoms with Gasteiger partial charge in [0.15, 0.2) is 0 Å². The van der Waals surface area contributed by atoms with Crippen molar-refractivity contribution in [3.05, 3.63) is 24.0 Å². The van der Waals surface area contributed by atoms with Crippen LogP contribution in [0.2, 0.25) is 0 Å². The number of aromatic nitrogens is 2. The van der Waals surface area contributed by atoms with Crippen molar-refractivity contribution in [3.8, 4) is 6.07 Å². The number of nitrogens with one attached hydrogen (secondary N) is 1. The van der Waals surface area contributed by atoms with Crippen LogP contribution in [0.1, 0.15) is 32.3 Å². The number of likely N-dealkylation sites (tertiary alicyclic amines) is 1. The maximum absolute atomic E-state index is 12.2. The average molecular weight is 354 g/mol. The number of piperidine rings is 1. The summed E-state index contributed by atoms with van der Waals surface area (Å²) in [5.41, 5.74) is 1.16. The molecule has 0 spiro atoms. The van der Waals surface area contributed by atoms with Crippen LogP contribution in [0.15, 0.2) is 18.5 Å². The fraction of sp³-hybridized carbons (Fsp3) is 0.579. The monoisotopic (exact) mass is 354 g/mol. The summed E-state index contributed by atoms with van der Waals surface area (Å²) in [6, 6.07) is 2.14.